The normalized spacial score (nSPS) is 14.4. The summed E-state index contributed by atoms with van der Waals surface area (Å²) in [5.41, 5.74) is 0.430. The number of amides is 5. The molecule has 0 radical (unpaired) electrons. The van der Waals surface area contributed by atoms with Gasteiger partial charge in [0.1, 0.15) is 11.4 Å². The lowest BCUT2D eigenvalue weighted by Crippen LogP contribution is -2.54. The molecule has 0 bridgehead atoms. The van der Waals surface area contributed by atoms with Gasteiger partial charge in [-0.25, -0.2) is 14.1 Å². The van der Waals surface area contributed by atoms with Crippen LogP contribution in [0.3, 0.4) is 0 Å². The number of carbonyl (C=O) groups is 4. The van der Waals surface area contributed by atoms with E-state index in [-0.39, 0.29) is 34.4 Å². The fourth-order valence-electron chi connectivity index (χ4n) is 3.49. The minimum atomic E-state index is -1.01. The largest absolute Gasteiger partial charge is 0.493 e. The summed E-state index contributed by atoms with van der Waals surface area (Å²) in [6.07, 6.45) is 1.21. The number of nitrogens with one attached hydrogen (secondary N) is 2. The van der Waals surface area contributed by atoms with Crippen LogP contribution in [-0.2, 0) is 14.4 Å². The molecule has 0 spiro atoms. The van der Waals surface area contributed by atoms with Gasteiger partial charge in [-0.15, -0.1) is 0 Å². The van der Waals surface area contributed by atoms with Crippen LogP contribution in [0.4, 0.5) is 20.6 Å². The quantitative estimate of drug-likeness (QED) is 0.355. The predicted octanol–water partition coefficient (Wildman–Crippen LogP) is 4.17. The number of nitrogens with zero attached hydrogens (tertiary/aromatic N) is 1. The molecule has 37 heavy (non-hydrogen) atoms. The van der Waals surface area contributed by atoms with Crippen LogP contribution in [0.25, 0.3) is 6.08 Å². The third kappa shape index (κ3) is 5.76. The van der Waals surface area contributed by atoms with Crippen molar-refractivity contribution in [1.29, 1.82) is 0 Å². The number of methoxy groups -OCH3 is 1. The van der Waals surface area contributed by atoms with Crippen LogP contribution in [0.2, 0.25) is 5.02 Å². The number of urea groups is 1. The van der Waals surface area contributed by atoms with Crippen molar-refractivity contribution in [3.63, 3.8) is 0 Å². The number of carbonyl (C=O) groups excluding carboxylic acids is 4. The van der Waals surface area contributed by atoms with Crippen LogP contribution in [0, 0.1) is 5.82 Å². The highest BCUT2D eigenvalue weighted by Crippen LogP contribution is 2.37. The van der Waals surface area contributed by atoms with Gasteiger partial charge in [0, 0.05) is 5.69 Å². The molecule has 5 amide bonds. The van der Waals surface area contributed by atoms with E-state index in [4.69, 9.17) is 21.1 Å². The van der Waals surface area contributed by atoms with Crippen LogP contribution in [0.15, 0.2) is 72.3 Å². The van der Waals surface area contributed by atoms with E-state index in [1.54, 1.807) is 24.3 Å². The maximum Gasteiger partial charge on any atom is 0.335 e. The summed E-state index contributed by atoms with van der Waals surface area (Å²) in [7, 11) is 1.35. The molecule has 1 heterocycles. The molecule has 1 saturated heterocycles. The number of hydrogen-bond donors (Lipinski definition) is 2. The van der Waals surface area contributed by atoms with E-state index in [0.717, 1.165) is 12.1 Å². The molecule has 3 aromatic rings. The highest BCUT2D eigenvalue weighted by Gasteiger charge is 2.37. The zero-order chi connectivity index (χ0) is 26.5. The average molecular weight is 524 g/mol. The van der Waals surface area contributed by atoms with E-state index in [2.05, 4.69) is 10.6 Å². The summed E-state index contributed by atoms with van der Waals surface area (Å²) < 4.78 is 24.5. The first kappa shape index (κ1) is 25.4. The number of benzene rings is 3. The number of hydrogen-bond acceptors (Lipinski definition) is 6. The van der Waals surface area contributed by atoms with Crippen molar-refractivity contribution in [3.8, 4) is 11.5 Å². The predicted molar refractivity (Wildman–Crippen MR) is 134 cm³/mol. The average Bonchev–Trinajstić information content (AvgIpc) is 2.86. The molecule has 11 heteroatoms. The van der Waals surface area contributed by atoms with E-state index in [9.17, 15) is 23.6 Å². The van der Waals surface area contributed by atoms with Gasteiger partial charge >= 0.3 is 6.03 Å². The number of halogens is 2. The maximum absolute atomic E-state index is 13.7. The van der Waals surface area contributed by atoms with Crippen molar-refractivity contribution < 1.29 is 33.0 Å². The summed E-state index contributed by atoms with van der Waals surface area (Å²) in [4.78, 5) is 50.6. The minimum absolute atomic E-state index is 0.0421. The third-order valence-corrected chi connectivity index (χ3v) is 5.42. The van der Waals surface area contributed by atoms with Crippen LogP contribution >= 0.6 is 11.6 Å². The molecule has 0 unspecified atom stereocenters. The van der Waals surface area contributed by atoms with E-state index < -0.39 is 35.1 Å². The van der Waals surface area contributed by atoms with Gasteiger partial charge in [-0.2, -0.15) is 0 Å². The Morgan fingerprint density at radius 2 is 1.84 bits per heavy atom. The summed E-state index contributed by atoms with van der Waals surface area (Å²) in [6, 6.07) is 15.5. The molecule has 3 aromatic carbocycles. The number of para-hydroxylation sites is 1. The van der Waals surface area contributed by atoms with Crippen LogP contribution in [-0.4, -0.2) is 37.5 Å². The fourth-order valence-corrected chi connectivity index (χ4v) is 3.77. The van der Waals surface area contributed by atoms with Crippen molar-refractivity contribution >= 4 is 52.8 Å². The Hall–Kier alpha value is -4.70. The first-order valence-electron chi connectivity index (χ1n) is 10.8. The number of ether oxygens (including phenoxy) is 2. The van der Waals surface area contributed by atoms with Crippen molar-refractivity contribution in [1.82, 2.24) is 5.32 Å². The SMILES string of the molecule is COc1cc(/C=C2\C(=O)NC(=O)N(c3cccc(F)c3)C2=O)cc(Cl)c1OCC(=O)Nc1ccccc1. The second kappa shape index (κ2) is 10.9. The Labute approximate surface area is 215 Å². The van der Waals surface area contributed by atoms with Crippen molar-refractivity contribution in [2.45, 2.75) is 0 Å². The third-order valence-electron chi connectivity index (χ3n) is 5.14. The van der Waals surface area contributed by atoms with Gasteiger partial charge < -0.3 is 14.8 Å². The van der Waals surface area contributed by atoms with E-state index in [1.165, 1.54) is 37.5 Å². The molecule has 2 N–H and O–H groups in total. The molecule has 1 aliphatic rings. The van der Waals surface area contributed by atoms with Gasteiger partial charge in [-0.1, -0.05) is 35.9 Å². The van der Waals surface area contributed by atoms with E-state index >= 15 is 0 Å². The van der Waals surface area contributed by atoms with Gasteiger partial charge in [-0.3, -0.25) is 19.7 Å². The monoisotopic (exact) mass is 523 g/mol. The van der Waals surface area contributed by atoms with E-state index in [0.29, 0.717) is 10.6 Å². The molecule has 0 aliphatic carbocycles. The number of anilines is 2. The Morgan fingerprint density at radius 1 is 1.08 bits per heavy atom. The molecule has 0 aromatic heterocycles. The summed E-state index contributed by atoms with van der Waals surface area (Å²) >= 11 is 6.35. The van der Waals surface area contributed by atoms with Crippen LogP contribution in [0.1, 0.15) is 5.56 Å². The number of imide groups is 2. The molecule has 0 atom stereocenters. The van der Waals surface area contributed by atoms with Crippen molar-refractivity contribution in [2.24, 2.45) is 0 Å². The molecule has 1 fully saturated rings. The topological polar surface area (TPSA) is 114 Å². The lowest BCUT2D eigenvalue weighted by Gasteiger charge is -2.26. The van der Waals surface area contributed by atoms with Gasteiger partial charge in [0.15, 0.2) is 18.1 Å². The number of barbiturate groups is 1. The lowest BCUT2D eigenvalue weighted by molar-refractivity contribution is -0.122. The Bertz CT molecular complexity index is 1430. The van der Waals surface area contributed by atoms with Crippen molar-refractivity contribution in [3.05, 3.63) is 88.7 Å². The smallest absolute Gasteiger partial charge is 0.335 e. The highest BCUT2D eigenvalue weighted by atomic mass is 35.5. The molecule has 4 rings (SSSR count). The molecule has 0 saturated carbocycles. The second-order valence-corrected chi connectivity index (χ2v) is 8.08. The van der Waals surface area contributed by atoms with Crippen LogP contribution in [0.5, 0.6) is 11.5 Å². The molecular formula is C26H19ClFN3O6. The Morgan fingerprint density at radius 3 is 2.54 bits per heavy atom. The molecular weight excluding hydrogens is 505 g/mol. The Balaban J connectivity index is 1.57. The highest BCUT2D eigenvalue weighted by molar-refractivity contribution is 6.39. The summed E-state index contributed by atoms with van der Waals surface area (Å²) in [5, 5.41) is 4.77. The lowest BCUT2D eigenvalue weighted by atomic mass is 10.1. The van der Waals surface area contributed by atoms with Gasteiger partial charge in [0.05, 0.1) is 17.8 Å². The summed E-state index contributed by atoms with van der Waals surface area (Å²) in [6.45, 7) is -0.364. The molecule has 188 valence electrons. The maximum atomic E-state index is 13.7. The van der Waals surface area contributed by atoms with Gasteiger partial charge in [0.25, 0.3) is 17.7 Å². The molecule has 9 nitrogen and oxygen atoms in total. The first-order valence-corrected chi connectivity index (χ1v) is 11.2. The first-order chi connectivity index (χ1) is 17.8. The Kier molecular flexibility index (Phi) is 7.49. The summed E-state index contributed by atoms with van der Waals surface area (Å²) in [5.74, 6) is -2.77. The fraction of sp³-hybridized carbons (Fsp3) is 0.0769. The van der Waals surface area contributed by atoms with Crippen molar-refractivity contribution in [2.75, 3.05) is 23.9 Å². The zero-order valence-electron chi connectivity index (χ0n) is 19.3. The second-order valence-electron chi connectivity index (χ2n) is 7.67. The van der Waals surface area contributed by atoms with Crippen LogP contribution < -0.4 is 25.0 Å². The number of rotatable bonds is 7. The molecule has 1 aliphatic heterocycles. The zero-order valence-corrected chi connectivity index (χ0v) is 20.0. The van der Waals surface area contributed by atoms with Gasteiger partial charge in [-0.05, 0) is 54.1 Å². The standard InChI is InChI=1S/C26H19ClFN3O6/c1-36-21-12-15(11-20(27)23(21)37-14-22(32)29-17-7-3-2-4-8-17)10-19-24(33)30-26(35)31(25(19)34)18-9-5-6-16(28)13-18/h2-13H,14H2,1H3,(H,29,32)(H,30,33,35)/b19-10+. The minimum Gasteiger partial charge on any atom is -0.493 e. The van der Waals surface area contributed by atoms with E-state index in [1.807, 2.05) is 6.07 Å². The van der Waals surface area contributed by atoms with Gasteiger partial charge in [0.2, 0.25) is 0 Å².